The fourth-order valence-corrected chi connectivity index (χ4v) is 1.66. The summed E-state index contributed by atoms with van der Waals surface area (Å²) >= 11 is 0. The minimum atomic E-state index is -4.48. The molecule has 3 N–H and O–H groups in total. The van der Waals surface area contributed by atoms with Crippen molar-refractivity contribution in [3.8, 4) is 0 Å². The maximum atomic E-state index is 12.4. The van der Waals surface area contributed by atoms with Crippen LogP contribution in [-0.2, 0) is 11.0 Å². The quantitative estimate of drug-likeness (QED) is 0.809. The summed E-state index contributed by atoms with van der Waals surface area (Å²) in [5, 5.41) is 11.6. The molecule has 0 radical (unpaired) electrons. The van der Waals surface area contributed by atoms with Crippen LogP contribution in [0.15, 0.2) is 30.5 Å². The van der Waals surface area contributed by atoms with Crippen LogP contribution in [-0.4, -0.2) is 21.0 Å². The molecule has 1 heterocycles. The fraction of sp³-hybridized carbons (Fsp3) is 0.231. The molecule has 0 amide bonds. The van der Waals surface area contributed by atoms with Crippen molar-refractivity contribution in [3.05, 3.63) is 41.7 Å². The van der Waals surface area contributed by atoms with Crippen molar-refractivity contribution in [2.24, 2.45) is 0 Å². The van der Waals surface area contributed by atoms with Crippen molar-refractivity contribution in [2.75, 3.05) is 5.32 Å². The van der Waals surface area contributed by atoms with Gasteiger partial charge in [-0.2, -0.15) is 13.2 Å². The maximum absolute atomic E-state index is 12.4. The van der Waals surface area contributed by atoms with E-state index in [1.165, 1.54) is 0 Å². The number of aromatic nitrogens is 2. The smallest absolute Gasteiger partial charge is 0.432 e. The van der Waals surface area contributed by atoms with Gasteiger partial charge in [0.15, 0.2) is 0 Å². The SMILES string of the molecule is C[C@H](C(=O)O)c1ccc(Nc2ncc(C(F)(F)F)[nH]2)cc1. The molecular weight excluding hydrogens is 287 g/mol. The Morgan fingerprint density at radius 1 is 1.33 bits per heavy atom. The number of anilines is 2. The molecule has 21 heavy (non-hydrogen) atoms. The standard InChI is InChI=1S/C13H12F3N3O2/c1-7(11(20)21)8-2-4-9(5-3-8)18-12-17-6-10(19-12)13(14,15)16/h2-7H,1H3,(H,20,21)(H2,17,18,19)/t7-/m0/s1. The highest BCUT2D eigenvalue weighted by Gasteiger charge is 2.32. The van der Waals surface area contributed by atoms with Gasteiger partial charge >= 0.3 is 12.1 Å². The molecule has 112 valence electrons. The van der Waals surface area contributed by atoms with Gasteiger partial charge in [-0.15, -0.1) is 0 Å². The van der Waals surface area contributed by atoms with Crippen LogP contribution in [0.25, 0.3) is 0 Å². The van der Waals surface area contributed by atoms with Gasteiger partial charge in [0, 0.05) is 5.69 Å². The fourth-order valence-electron chi connectivity index (χ4n) is 1.66. The van der Waals surface area contributed by atoms with Crippen molar-refractivity contribution in [1.82, 2.24) is 9.97 Å². The van der Waals surface area contributed by atoms with E-state index in [4.69, 9.17) is 5.11 Å². The number of imidazole rings is 1. The molecule has 5 nitrogen and oxygen atoms in total. The van der Waals surface area contributed by atoms with Crippen LogP contribution in [0.3, 0.4) is 0 Å². The zero-order chi connectivity index (χ0) is 15.6. The number of alkyl halides is 3. The molecule has 0 saturated heterocycles. The van der Waals surface area contributed by atoms with Gasteiger partial charge in [0.1, 0.15) is 5.69 Å². The Hall–Kier alpha value is -2.51. The van der Waals surface area contributed by atoms with E-state index in [0.29, 0.717) is 17.4 Å². The molecule has 0 saturated carbocycles. The molecule has 2 rings (SSSR count). The Bertz CT molecular complexity index is 635. The van der Waals surface area contributed by atoms with E-state index >= 15 is 0 Å². The van der Waals surface area contributed by atoms with Gasteiger partial charge in [-0.05, 0) is 24.6 Å². The second kappa shape index (κ2) is 5.47. The number of aromatic amines is 1. The summed E-state index contributed by atoms with van der Waals surface area (Å²) in [4.78, 5) is 16.5. The number of aliphatic carboxylic acids is 1. The summed E-state index contributed by atoms with van der Waals surface area (Å²) in [6, 6.07) is 6.33. The van der Waals surface area contributed by atoms with E-state index in [0.717, 1.165) is 0 Å². The minimum Gasteiger partial charge on any atom is -0.481 e. The number of hydrogen-bond donors (Lipinski definition) is 3. The van der Waals surface area contributed by atoms with Gasteiger partial charge in [0.25, 0.3) is 0 Å². The summed E-state index contributed by atoms with van der Waals surface area (Å²) in [7, 11) is 0. The number of carboxylic acid groups (broad SMARTS) is 1. The third-order valence-corrected chi connectivity index (χ3v) is 2.93. The van der Waals surface area contributed by atoms with Crippen molar-refractivity contribution in [2.45, 2.75) is 19.0 Å². The maximum Gasteiger partial charge on any atom is 0.432 e. The van der Waals surface area contributed by atoms with Gasteiger partial charge in [-0.1, -0.05) is 12.1 Å². The van der Waals surface area contributed by atoms with Crippen LogP contribution >= 0.6 is 0 Å². The predicted octanol–water partition coefficient (Wildman–Crippen LogP) is 3.36. The number of halogens is 3. The van der Waals surface area contributed by atoms with Gasteiger partial charge in [0.05, 0.1) is 12.1 Å². The first-order valence-corrected chi connectivity index (χ1v) is 5.99. The lowest BCUT2D eigenvalue weighted by atomic mass is 10.0. The number of carbonyl (C=O) groups is 1. The monoisotopic (exact) mass is 299 g/mol. The molecule has 0 unspecified atom stereocenters. The molecular formula is C13H12F3N3O2. The Kier molecular flexibility index (Phi) is 3.88. The highest BCUT2D eigenvalue weighted by Crippen LogP contribution is 2.28. The molecule has 0 spiro atoms. The first kappa shape index (κ1) is 14.9. The average molecular weight is 299 g/mol. The normalized spacial score (nSPS) is 13.0. The number of rotatable bonds is 4. The molecule has 1 aromatic carbocycles. The second-order valence-electron chi connectivity index (χ2n) is 4.45. The van der Waals surface area contributed by atoms with E-state index in [-0.39, 0.29) is 5.95 Å². The Morgan fingerprint density at radius 2 is 1.95 bits per heavy atom. The number of hydrogen-bond acceptors (Lipinski definition) is 3. The van der Waals surface area contributed by atoms with Crippen LogP contribution in [0.5, 0.6) is 0 Å². The molecule has 1 aromatic heterocycles. The Labute approximate surface area is 117 Å². The highest BCUT2D eigenvalue weighted by atomic mass is 19.4. The molecule has 8 heteroatoms. The van der Waals surface area contributed by atoms with E-state index in [9.17, 15) is 18.0 Å². The summed E-state index contributed by atoms with van der Waals surface area (Å²) in [6.07, 6.45) is -3.78. The van der Waals surface area contributed by atoms with Crippen LogP contribution in [0.4, 0.5) is 24.8 Å². The zero-order valence-electron chi connectivity index (χ0n) is 10.9. The van der Waals surface area contributed by atoms with Gasteiger partial charge < -0.3 is 15.4 Å². The Balaban J connectivity index is 2.10. The Morgan fingerprint density at radius 3 is 2.43 bits per heavy atom. The zero-order valence-corrected chi connectivity index (χ0v) is 10.9. The van der Waals surface area contributed by atoms with Crippen LogP contribution in [0.1, 0.15) is 24.1 Å². The molecule has 2 aromatic rings. The van der Waals surface area contributed by atoms with Gasteiger partial charge in [0.2, 0.25) is 5.95 Å². The third kappa shape index (κ3) is 3.53. The largest absolute Gasteiger partial charge is 0.481 e. The first-order chi connectivity index (χ1) is 9.77. The molecule has 0 aliphatic carbocycles. The molecule has 0 bridgehead atoms. The minimum absolute atomic E-state index is 0.0404. The molecule has 1 atom stereocenters. The van der Waals surface area contributed by atoms with Gasteiger partial charge in [-0.3, -0.25) is 4.79 Å². The summed E-state index contributed by atoms with van der Waals surface area (Å²) < 4.78 is 37.2. The summed E-state index contributed by atoms with van der Waals surface area (Å²) in [5.74, 6) is -1.64. The first-order valence-electron chi connectivity index (χ1n) is 5.99. The van der Waals surface area contributed by atoms with Crippen LogP contribution < -0.4 is 5.32 Å². The molecule has 0 fully saturated rings. The van der Waals surface area contributed by atoms with Crippen molar-refractivity contribution in [1.29, 1.82) is 0 Å². The number of H-pyrrole nitrogens is 1. The molecule has 0 aliphatic rings. The molecule has 0 aliphatic heterocycles. The van der Waals surface area contributed by atoms with E-state index in [1.807, 2.05) is 0 Å². The van der Waals surface area contributed by atoms with Crippen molar-refractivity contribution in [3.63, 3.8) is 0 Å². The number of nitrogens with zero attached hydrogens (tertiary/aromatic N) is 1. The highest BCUT2D eigenvalue weighted by molar-refractivity contribution is 5.75. The summed E-state index contributed by atoms with van der Waals surface area (Å²) in [5.41, 5.74) is 0.156. The van der Waals surface area contributed by atoms with E-state index in [2.05, 4.69) is 15.3 Å². The van der Waals surface area contributed by atoms with E-state index < -0.39 is 23.8 Å². The third-order valence-electron chi connectivity index (χ3n) is 2.93. The summed E-state index contributed by atoms with van der Waals surface area (Å²) in [6.45, 7) is 1.55. The lowest BCUT2D eigenvalue weighted by Crippen LogP contribution is -2.07. The average Bonchev–Trinajstić information content (AvgIpc) is 2.87. The second-order valence-corrected chi connectivity index (χ2v) is 4.45. The van der Waals surface area contributed by atoms with Crippen LogP contribution in [0.2, 0.25) is 0 Å². The predicted molar refractivity (Wildman–Crippen MR) is 69.4 cm³/mol. The lowest BCUT2D eigenvalue weighted by molar-refractivity contribution is -0.141. The number of nitrogens with one attached hydrogen (secondary N) is 2. The topological polar surface area (TPSA) is 78.0 Å². The lowest BCUT2D eigenvalue weighted by Gasteiger charge is -2.08. The number of benzene rings is 1. The van der Waals surface area contributed by atoms with Crippen LogP contribution in [0, 0.1) is 0 Å². The van der Waals surface area contributed by atoms with Gasteiger partial charge in [-0.25, -0.2) is 4.98 Å². The van der Waals surface area contributed by atoms with E-state index in [1.54, 1.807) is 31.2 Å². The van der Waals surface area contributed by atoms with Crippen molar-refractivity contribution < 1.29 is 23.1 Å². The number of carboxylic acids is 1. The van der Waals surface area contributed by atoms with Crippen molar-refractivity contribution >= 4 is 17.6 Å².